The van der Waals surface area contributed by atoms with Gasteiger partial charge in [0.05, 0.1) is 6.61 Å². The molecule has 6 heteroatoms. The number of halogens is 3. The maximum atomic E-state index is 11.4. The molecule has 0 aromatic rings. The summed E-state index contributed by atoms with van der Waals surface area (Å²) in [4.78, 5) is 9.79. The largest absolute Gasteiger partial charge is 0.478 e. The van der Waals surface area contributed by atoms with Crippen molar-refractivity contribution in [3.8, 4) is 0 Å². The summed E-state index contributed by atoms with van der Waals surface area (Å²) in [5, 5.41) is 8.01. The lowest BCUT2D eigenvalue weighted by Crippen LogP contribution is -2.16. The molecule has 0 saturated heterocycles. The van der Waals surface area contributed by atoms with Crippen LogP contribution in [0.15, 0.2) is 12.2 Å². The number of hydrogen-bond donors (Lipinski definition) is 1. The van der Waals surface area contributed by atoms with Crippen LogP contribution in [-0.2, 0) is 9.53 Å². The van der Waals surface area contributed by atoms with Crippen LogP contribution in [0.4, 0.5) is 13.2 Å². The molecule has 0 aliphatic carbocycles. The molecule has 0 aromatic heterocycles. The molecule has 0 rings (SSSR count). The standard InChI is InChI=1S/C6H7F3O3/c7-6(8,9)4-12-3-1-2-5(10)11/h1-2H,3-4H2,(H,10,11)/b2-1-. The number of ether oxygens (including phenoxy) is 1. The average molecular weight is 184 g/mol. The zero-order valence-electron chi connectivity index (χ0n) is 5.97. The third kappa shape index (κ3) is 8.96. The third-order valence-corrected chi connectivity index (χ3v) is 0.740. The van der Waals surface area contributed by atoms with E-state index in [1.165, 1.54) is 0 Å². The lowest BCUT2D eigenvalue weighted by molar-refractivity contribution is -0.171. The summed E-state index contributed by atoms with van der Waals surface area (Å²) in [6.07, 6.45) is -2.65. The molecule has 0 saturated carbocycles. The first-order chi connectivity index (χ1) is 5.42. The summed E-state index contributed by atoms with van der Waals surface area (Å²) in [6.45, 7) is -1.72. The summed E-state index contributed by atoms with van der Waals surface area (Å²) in [5.41, 5.74) is 0. The quantitative estimate of drug-likeness (QED) is 0.527. The number of hydrogen-bond acceptors (Lipinski definition) is 2. The Hall–Kier alpha value is -1.04. The fraction of sp³-hybridized carbons (Fsp3) is 0.500. The summed E-state index contributed by atoms with van der Waals surface area (Å²) < 4.78 is 38.2. The van der Waals surface area contributed by atoms with Gasteiger partial charge in [-0.3, -0.25) is 0 Å². The van der Waals surface area contributed by atoms with Crippen molar-refractivity contribution >= 4 is 5.97 Å². The van der Waals surface area contributed by atoms with E-state index in [0.717, 1.165) is 12.2 Å². The van der Waals surface area contributed by atoms with Gasteiger partial charge in [0.1, 0.15) is 6.61 Å². The Morgan fingerprint density at radius 3 is 2.50 bits per heavy atom. The van der Waals surface area contributed by atoms with Crippen LogP contribution in [0, 0.1) is 0 Å². The molecule has 0 heterocycles. The zero-order chi connectivity index (χ0) is 9.61. The van der Waals surface area contributed by atoms with Crippen molar-refractivity contribution in [1.29, 1.82) is 0 Å². The SMILES string of the molecule is O=C(O)/C=C\COCC(F)(F)F. The third-order valence-electron chi connectivity index (χ3n) is 0.740. The van der Waals surface area contributed by atoms with Gasteiger partial charge in [-0.2, -0.15) is 13.2 Å². The summed E-state index contributed by atoms with van der Waals surface area (Å²) >= 11 is 0. The fourth-order valence-electron chi connectivity index (χ4n) is 0.392. The Kier molecular flexibility index (Phi) is 4.35. The second-order valence-electron chi connectivity index (χ2n) is 1.87. The number of alkyl halides is 3. The minimum Gasteiger partial charge on any atom is -0.478 e. The van der Waals surface area contributed by atoms with E-state index in [9.17, 15) is 18.0 Å². The molecule has 1 N–H and O–H groups in total. The number of carboxylic acid groups (broad SMARTS) is 1. The highest BCUT2D eigenvalue weighted by Crippen LogP contribution is 2.13. The minimum atomic E-state index is -4.36. The van der Waals surface area contributed by atoms with Crippen molar-refractivity contribution in [1.82, 2.24) is 0 Å². The minimum absolute atomic E-state index is 0.355. The first-order valence-corrected chi connectivity index (χ1v) is 2.96. The maximum absolute atomic E-state index is 11.4. The van der Waals surface area contributed by atoms with Gasteiger partial charge >= 0.3 is 12.1 Å². The molecule has 0 aromatic carbocycles. The van der Waals surface area contributed by atoms with E-state index in [1.807, 2.05) is 0 Å². The molecule has 0 spiro atoms. The predicted molar refractivity (Wildman–Crippen MR) is 33.6 cm³/mol. The summed E-state index contributed by atoms with van der Waals surface area (Å²) in [6, 6.07) is 0. The molecule has 0 amide bonds. The van der Waals surface area contributed by atoms with E-state index >= 15 is 0 Å². The first kappa shape index (κ1) is 11.0. The molecule has 0 bridgehead atoms. The summed E-state index contributed by atoms with van der Waals surface area (Å²) in [5.74, 6) is -1.22. The lowest BCUT2D eigenvalue weighted by Gasteiger charge is -2.04. The number of carbonyl (C=O) groups is 1. The Morgan fingerprint density at radius 2 is 2.08 bits per heavy atom. The number of carboxylic acids is 1. The molecule has 70 valence electrons. The molecule has 0 unspecified atom stereocenters. The highest BCUT2D eigenvalue weighted by Gasteiger charge is 2.26. The van der Waals surface area contributed by atoms with Gasteiger partial charge in [0.25, 0.3) is 0 Å². The zero-order valence-corrected chi connectivity index (χ0v) is 5.97. The highest BCUT2D eigenvalue weighted by atomic mass is 19.4. The second-order valence-corrected chi connectivity index (χ2v) is 1.87. The van der Waals surface area contributed by atoms with Crippen LogP contribution in [0.25, 0.3) is 0 Å². The van der Waals surface area contributed by atoms with Crippen LogP contribution in [0.3, 0.4) is 0 Å². The van der Waals surface area contributed by atoms with Crippen LogP contribution < -0.4 is 0 Å². The van der Waals surface area contributed by atoms with E-state index < -0.39 is 18.8 Å². The van der Waals surface area contributed by atoms with Gasteiger partial charge in [-0.1, -0.05) is 6.08 Å². The van der Waals surface area contributed by atoms with E-state index in [0.29, 0.717) is 0 Å². The monoisotopic (exact) mass is 184 g/mol. The maximum Gasteiger partial charge on any atom is 0.411 e. The van der Waals surface area contributed by atoms with E-state index in [1.54, 1.807) is 0 Å². The van der Waals surface area contributed by atoms with E-state index in [4.69, 9.17) is 5.11 Å². The number of rotatable bonds is 4. The van der Waals surface area contributed by atoms with Crippen molar-refractivity contribution in [2.75, 3.05) is 13.2 Å². The molecule has 0 radical (unpaired) electrons. The van der Waals surface area contributed by atoms with Gasteiger partial charge in [-0.05, 0) is 0 Å². The van der Waals surface area contributed by atoms with Gasteiger partial charge in [0.15, 0.2) is 0 Å². The van der Waals surface area contributed by atoms with E-state index in [2.05, 4.69) is 4.74 Å². The molecular weight excluding hydrogens is 177 g/mol. The average Bonchev–Trinajstić information content (AvgIpc) is 1.83. The first-order valence-electron chi connectivity index (χ1n) is 2.96. The van der Waals surface area contributed by atoms with Crippen molar-refractivity contribution in [3.05, 3.63) is 12.2 Å². The topological polar surface area (TPSA) is 46.5 Å². The van der Waals surface area contributed by atoms with Crippen molar-refractivity contribution in [2.24, 2.45) is 0 Å². The highest BCUT2D eigenvalue weighted by molar-refractivity contribution is 5.79. The van der Waals surface area contributed by atoms with Crippen molar-refractivity contribution in [2.45, 2.75) is 6.18 Å². The van der Waals surface area contributed by atoms with Gasteiger partial charge in [-0.25, -0.2) is 4.79 Å². The van der Waals surface area contributed by atoms with Gasteiger partial charge in [0, 0.05) is 6.08 Å². The van der Waals surface area contributed by atoms with Crippen LogP contribution in [0.2, 0.25) is 0 Å². The van der Waals surface area contributed by atoms with Crippen molar-refractivity contribution < 1.29 is 27.8 Å². The van der Waals surface area contributed by atoms with Crippen LogP contribution in [-0.4, -0.2) is 30.5 Å². The number of aliphatic carboxylic acids is 1. The predicted octanol–water partition coefficient (Wildman–Crippen LogP) is 1.21. The molecule has 0 fully saturated rings. The van der Waals surface area contributed by atoms with Crippen LogP contribution in [0.1, 0.15) is 0 Å². The Balaban J connectivity index is 3.40. The normalized spacial score (nSPS) is 12.2. The lowest BCUT2D eigenvalue weighted by atomic mass is 10.5. The van der Waals surface area contributed by atoms with Crippen LogP contribution in [0.5, 0.6) is 0 Å². The molecule has 0 aliphatic rings. The van der Waals surface area contributed by atoms with Crippen molar-refractivity contribution in [3.63, 3.8) is 0 Å². The molecule has 0 atom stereocenters. The summed E-state index contributed by atoms with van der Waals surface area (Å²) in [7, 11) is 0. The molecule has 0 aliphatic heterocycles. The Morgan fingerprint density at radius 1 is 1.50 bits per heavy atom. The van der Waals surface area contributed by atoms with Gasteiger partial charge in [0.2, 0.25) is 0 Å². The fourth-order valence-corrected chi connectivity index (χ4v) is 0.392. The Bertz CT molecular complexity index is 173. The molecule has 12 heavy (non-hydrogen) atoms. The van der Waals surface area contributed by atoms with E-state index in [-0.39, 0.29) is 6.61 Å². The molecular formula is C6H7F3O3. The smallest absolute Gasteiger partial charge is 0.411 e. The van der Waals surface area contributed by atoms with Crippen LogP contribution >= 0.6 is 0 Å². The second kappa shape index (κ2) is 4.76. The van der Waals surface area contributed by atoms with Gasteiger partial charge in [-0.15, -0.1) is 0 Å². The Labute approximate surface area is 66.4 Å². The molecule has 3 nitrogen and oxygen atoms in total. The van der Waals surface area contributed by atoms with Gasteiger partial charge < -0.3 is 9.84 Å².